The van der Waals surface area contributed by atoms with Crippen molar-refractivity contribution in [2.45, 2.75) is 30.2 Å². The van der Waals surface area contributed by atoms with Crippen LogP contribution in [-0.4, -0.2) is 37.6 Å². The number of aryl methyl sites for hydroxylation is 2. The first-order valence-corrected chi connectivity index (χ1v) is 13.0. The fourth-order valence-corrected chi connectivity index (χ4v) is 4.96. The summed E-state index contributed by atoms with van der Waals surface area (Å²) in [6, 6.07) is 21.9. The molecule has 3 aromatic carbocycles. The van der Waals surface area contributed by atoms with Gasteiger partial charge in [-0.25, -0.2) is 13.8 Å². The number of sulfonamides is 1. The van der Waals surface area contributed by atoms with Crippen LogP contribution in [-0.2, 0) is 21.4 Å². The number of carbonyl (C=O) groups is 1. The maximum Gasteiger partial charge on any atom is 0.255 e. The molecule has 0 atom stereocenters. The molecule has 0 aliphatic heterocycles. The van der Waals surface area contributed by atoms with Crippen molar-refractivity contribution in [2.24, 2.45) is 5.10 Å². The van der Waals surface area contributed by atoms with Crippen LogP contribution in [0.25, 0.3) is 0 Å². The molecule has 0 aromatic heterocycles. The van der Waals surface area contributed by atoms with E-state index in [-0.39, 0.29) is 18.0 Å². The van der Waals surface area contributed by atoms with E-state index in [4.69, 9.17) is 0 Å². The predicted molar refractivity (Wildman–Crippen MR) is 134 cm³/mol. The normalized spacial score (nSPS) is 11.8. The number of rotatable bonds is 9. The van der Waals surface area contributed by atoms with Gasteiger partial charge in [-0.15, -0.1) is 11.8 Å². The van der Waals surface area contributed by atoms with Crippen molar-refractivity contribution in [3.63, 3.8) is 0 Å². The molecule has 1 N–H and O–H groups in total. The number of hydrogen-bond acceptors (Lipinski definition) is 5. The van der Waals surface area contributed by atoms with E-state index in [1.165, 1.54) is 10.5 Å². The van der Waals surface area contributed by atoms with Crippen LogP contribution in [0.3, 0.4) is 0 Å². The van der Waals surface area contributed by atoms with Crippen LogP contribution in [0.15, 0.2) is 87.7 Å². The van der Waals surface area contributed by atoms with Gasteiger partial charge in [0.05, 0.1) is 17.7 Å². The Balaban J connectivity index is 1.77. The van der Waals surface area contributed by atoms with Gasteiger partial charge < -0.3 is 0 Å². The van der Waals surface area contributed by atoms with E-state index < -0.39 is 15.9 Å². The van der Waals surface area contributed by atoms with Gasteiger partial charge in [-0.1, -0.05) is 59.7 Å². The molecule has 3 rings (SSSR count). The summed E-state index contributed by atoms with van der Waals surface area (Å²) < 4.78 is 27.8. The molecule has 6 nitrogen and oxygen atoms in total. The van der Waals surface area contributed by atoms with E-state index in [0.717, 1.165) is 27.1 Å². The second-order valence-corrected chi connectivity index (χ2v) is 10.5. The van der Waals surface area contributed by atoms with E-state index in [1.54, 1.807) is 36.0 Å². The fourth-order valence-electron chi connectivity index (χ4n) is 3.16. The van der Waals surface area contributed by atoms with E-state index in [9.17, 15) is 13.2 Å². The Morgan fingerprint density at radius 1 is 1.00 bits per heavy atom. The number of hydrazone groups is 1. The molecule has 0 saturated heterocycles. The summed E-state index contributed by atoms with van der Waals surface area (Å²) in [4.78, 5) is 13.9. The van der Waals surface area contributed by atoms with Gasteiger partial charge in [0.2, 0.25) is 10.0 Å². The molecular formula is C25H27N3O3S2. The molecule has 0 aliphatic rings. The quantitative estimate of drug-likeness (QED) is 0.280. The minimum Gasteiger partial charge on any atom is -0.272 e. The fraction of sp³-hybridized carbons (Fsp3) is 0.200. The highest BCUT2D eigenvalue weighted by molar-refractivity contribution is 7.98. The third-order valence-corrected chi connectivity index (χ3v) is 7.49. The molecule has 33 heavy (non-hydrogen) atoms. The highest BCUT2D eigenvalue weighted by Crippen LogP contribution is 2.19. The second kappa shape index (κ2) is 11.3. The van der Waals surface area contributed by atoms with Crippen molar-refractivity contribution < 1.29 is 13.2 Å². The molecule has 0 fully saturated rings. The number of nitrogens with zero attached hydrogens (tertiary/aromatic N) is 2. The van der Waals surface area contributed by atoms with E-state index >= 15 is 0 Å². The third kappa shape index (κ3) is 7.02. The third-order valence-electron chi connectivity index (χ3n) is 4.94. The Morgan fingerprint density at radius 2 is 1.70 bits per heavy atom. The van der Waals surface area contributed by atoms with E-state index in [1.807, 2.05) is 68.6 Å². The smallest absolute Gasteiger partial charge is 0.255 e. The van der Waals surface area contributed by atoms with Gasteiger partial charge in [0.15, 0.2) is 0 Å². The molecular weight excluding hydrogens is 454 g/mol. The Labute approximate surface area is 199 Å². The largest absolute Gasteiger partial charge is 0.272 e. The zero-order valence-corrected chi connectivity index (χ0v) is 20.5. The first-order valence-electron chi connectivity index (χ1n) is 10.4. The predicted octanol–water partition coefficient (Wildman–Crippen LogP) is 4.37. The van der Waals surface area contributed by atoms with Crippen molar-refractivity contribution >= 4 is 33.9 Å². The van der Waals surface area contributed by atoms with Crippen molar-refractivity contribution in [3.05, 3.63) is 95.1 Å². The van der Waals surface area contributed by atoms with Gasteiger partial charge in [-0.3, -0.25) is 4.79 Å². The minimum absolute atomic E-state index is 0.0746. The number of hydrogen-bond donors (Lipinski definition) is 1. The Bertz CT molecular complexity index is 1220. The molecule has 0 radical (unpaired) electrons. The number of amides is 1. The zero-order chi connectivity index (χ0) is 23.8. The van der Waals surface area contributed by atoms with Crippen LogP contribution >= 0.6 is 11.8 Å². The number of carbonyl (C=O) groups excluding carboxylic acids is 1. The molecule has 0 bridgehead atoms. The van der Waals surface area contributed by atoms with Crippen molar-refractivity contribution in [1.29, 1.82) is 0 Å². The molecule has 0 spiro atoms. The molecule has 0 aliphatic carbocycles. The van der Waals surface area contributed by atoms with Gasteiger partial charge in [0, 0.05) is 11.4 Å². The van der Waals surface area contributed by atoms with E-state index in [2.05, 4.69) is 10.5 Å². The highest BCUT2D eigenvalue weighted by Gasteiger charge is 2.27. The van der Waals surface area contributed by atoms with Crippen LogP contribution in [0.1, 0.15) is 22.3 Å². The van der Waals surface area contributed by atoms with Gasteiger partial charge in [0.25, 0.3) is 5.91 Å². The van der Waals surface area contributed by atoms with Crippen LogP contribution in [0.5, 0.6) is 0 Å². The summed E-state index contributed by atoms with van der Waals surface area (Å²) in [5, 5.41) is 3.98. The topological polar surface area (TPSA) is 78.8 Å². The summed E-state index contributed by atoms with van der Waals surface area (Å²) >= 11 is 1.64. The average Bonchev–Trinajstić information content (AvgIpc) is 2.79. The Hall–Kier alpha value is -2.94. The van der Waals surface area contributed by atoms with Crippen LogP contribution in [0.4, 0.5) is 0 Å². The monoisotopic (exact) mass is 481 g/mol. The second-order valence-electron chi connectivity index (χ2n) is 7.64. The summed E-state index contributed by atoms with van der Waals surface area (Å²) in [5.41, 5.74) is 6.04. The number of thioether (sulfide) groups is 1. The minimum atomic E-state index is -3.89. The van der Waals surface area contributed by atoms with Crippen LogP contribution < -0.4 is 5.43 Å². The number of benzene rings is 3. The van der Waals surface area contributed by atoms with Crippen LogP contribution in [0.2, 0.25) is 0 Å². The standard InChI is InChI=1S/C25H27N3O3S2/c1-19-7-13-24(14-8-19)33(30,31)28(17-22-6-4-5-20(2)15-22)18-25(29)27-26-16-21-9-11-23(32-3)12-10-21/h4-16H,17-18H2,1-3H3,(H,27,29)/b26-16-. The molecule has 8 heteroatoms. The van der Waals surface area contributed by atoms with Crippen LogP contribution in [0, 0.1) is 13.8 Å². The van der Waals surface area contributed by atoms with Gasteiger partial charge in [-0.05, 0) is 55.5 Å². The summed E-state index contributed by atoms with van der Waals surface area (Å²) in [6.45, 7) is 3.55. The summed E-state index contributed by atoms with van der Waals surface area (Å²) in [6.07, 6.45) is 3.53. The van der Waals surface area contributed by atoms with Crippen molar-refractivity contribution in [1.82, 2.24) is 9.73 Å². The number of nitrogens with one attached hydrogen (secondary N) is 1. The Morgan fingerprint density at radius 3 is 2.33 bits per heavy atom. The SMILES string of the molecule is CSc1ccc(/C=N\NC(=O)CN(Cc2cccc(C)c2)S(=O)(=O)c2ccc(C)cc2)cc1. The van der Waals surface area contributed by atoms with Crippen molar-refractivity contribution in [2.75, 3.05) is 12.8 Å². The molecule has 1 amide bonds. The molecule has 3 aromatic rings. The summed E-state index contributed by atoms with van der Waals surface area (Å²) in [5.74, 6) is -0.518. The summed E-state index contributed by atoms with van der Waals surface area (Å²) in [7, 11) is -3.89. The first kappa shape index (κ1) is 24.7. The molecule has 0 heterocycles. The van der Waals surface area contributed by atoms with Gasteiger partial charge in [-0.2, -0.15) is 9.41 Å². The molecule has 0 unspecified atom stereocenters. The van der Waals surface area contributed by atoms with Gasteiger partial charge >= 0.3 is 0 Å². The maximum atomic E-state index is 13.3. The molecule has 0 saturated carbocycles. The lowest BCUT2D eigenvalue weighted by molar-refractivity contribution is -0.121. The Kier molecular flexibility index (Phi) is 8.43. The van der Waals surface area contributed by atoms with E-state index in [0.29, 0.717) is 0 Å². The van der Waals surface area contributed by atoms with Crippen molar-refractivity contribution in [3.8, 4) is 0 Å². The lowest BCUT2D eigenvalue weighted by atomic mass is 10.1. The zero-order valence-electron chi connectivity index (χ0n) is 18.9. The lowest BCUT2D eigenvalue weighted by Gasteiger charge is -2.22. The highest BCUT2D eigenvalue weighted by atomic mass is 32.2. The lowest BCUT2D eigenvalue weighted by Crippen LogP contribution is -2.39. The maximum absolute atomic E-state index is 13.3. The van der Waals surface area contributed by atoms with Gasteiger partial charge in [0.1, 0.15) is 0 Å². The molecule has 172 valence electrons. The first-order chi connectivity index (χ1) is 15.8. The average molecular weight is 482 g/mol.